The number of Topliss-reactive ketones (excluding diaryl/α,β-unsaturated/α-hetero) is 1. The van der Waals surface area contributed by atoms with E-state index < -0.39 is 10.0 Å². The minimum Gasteiger partial charge on any atom is -0.340 e. The molecule has 4 rings (SSSR count). The maximum absolute atomic E-state index is 12.6. The highest BCUT2D eigenvalue weighted by molar-refractivity contribution is 7.92. The van der Waals surface area contributed by atoms with E-state index in [1.54, 1.807) is 60.7 Å². The average molecular weight is 459 g/mol. The molecule has 1 aromatic heterocycles. The van der Waals surface area contributed by atoms with Gasteiger partial charge in [-0.1, -0.05) is 36.4 Å². The second-order valence-corrected chi connectivity index (χ2v) is 9.23. The molecule has 0 fully saturated rings. The Morgan fingerprint density at radius 1 is 0.848 bits per heavy atom. The quantitative estimate of drug-likeness (QED) is 0.369. The summed E-state index contributed by atoms with van der Waals surface area (Å²) in [5.74, 6) is 0.597. The fourth-order valence-electron chi connectivity index (χ4n) is 3.23. The number of nitrogens with one attached hydrogen (secondary N) is 2. The van der Waals surface area contributed by atoms with Gasteiger partial charge in [0.2, 0.25) is 0 Å². The van der Waals surface area contributed by atoms with Gasteiger partial charge in [0.05, 0.1) is 10.6 Å². The number of sulfonamides is 1. The van der Waals surface area contributed by atoms with Crippen LogP contribution >= 0.6 is 0 Å². The standard InChI is InChI=1S/C25H22N4O3S/c1-17-4-3-5-23(14-17)33(31,32)29-22-12-10-21(11-13-22)28-25-15-24(26-16-27-25)20-8-6-19(7-9-20)18(2)30/h3-16,29H,1-2H3,(H,26,27,28). The Morgan fingerprint density at radius 2 is 1.55 bits per heavy atom. The molecular formula is C25H22N4O3S. The van der Waals surface area contributed by atoms with Crippen molar-refractivity contribution in [3.8, 4) is 11.3 Å². The van der Waals surface area contributed by atoms with Crippen molar-refractivity contribution in [2.75, 3.05) is 10.0 Å². The normalized spacial score (nSPS) is 11.1. The van der Waals surface area contributed by atoms with Crippen LogP contribution in [-0.4, -0.2) is 24.2 Å². The molecule has 1 heterocycles. The molecule has 8 heteroatoms. The SMILES string of the molecule is CC(=O)c1ccc(-c2cc(Nc3ccc(NS(=O)(=O)c4cccc(C)c4)cc3)ncn2)cc1. The minimum absolute atomic E-state index is 0.0104. The molecule has 0 amide bonds. The maximum Gasteiger partial charge on any atom is 0.261 e. The monoisotopic (exact) mass is 458 g/mol. The molecule has 166 valence electrons. The Kier molecular flexibility index (Phi) is 6.19. The van der Waals surface area contributed by atoms with Crippen LogP contribution < -0.4 is 10.0 Å². The first-order valence-corrected chi connectivity index (χ1v) is 11.7. The van der Waals surface area contributed by atoms with Gasteiger partial charge < -0.3 is 5.32 Å². The van der Waals surface area contributed by atoms with Crippen molar-refractivity contribution in [2.45, 2.75) is 18.7 Å². The van der Waals surface area contributed by atoms with E-state index in [0.29, 0.717) is 22.8 Å². The van der Waals surface area contributed by atoms with Crippen LogP contribution in [0.3, 0.4) is 0 Å². The van der Waals surface area contributed by atoms with Crippen LogP contribution in [0.15, 0.2) is 90.1 Å². The number of carbonyl (C=O) groups is 1. The lowest BCUT2D eigenvalue weighted by Gasteiger charge is -2.11. The predicted molar refractivity (Wildman–Crippen MR) is 129 cm³/mol. The second kappa shape index (κ2) is 9.22. The summed E-state index contributed by atoms with van der Waals surface area (Å²) >= 11 is 0. The number of benzene rings is 3. The lowest BCUT2D eigenvalue weighted by atomic mass is 10.1. The highest BCUT2D eigenvalue weighted by Crippen LogP contribution is 2.23. The van der Waals surface area contributed by atoms with Crippen molar-refractivity contribution in [3.05, 3.63) is 96.3 Å². The summed E-state index contributed by atoms with van der Waals surface area (Å²) in [6.45, 7) is 3.37. The van der Waals surface area contributed by atoms with Gasteiger partial charge in [-0.25, -0.2) is 18.4 Å². The van der Waals surface area contributed by atoms with E-state index in [-0.39, 0.29) is 10.7 Å². The molecule has 0 saturated heterocycles. The second-order valence-electron chi connectivity index (χ2n) is 7.55. The van der Waals surface area contributed by atoms with Crippen molar-refractivity contribution in [3.63, 3.8) is 0 Å². The molecular weight excluding hydrogens is 436 g/mol. The highest BCUT2D eigenvalue weighted by Gasteiger charge is 2.14. The van der Waals surface area contributed by atoms with E-state index in [1.807, 2.05) is 25.1 Å². The molecule has 0 atom stereocenters. The van der Waals surface area contributed by atoms with Gasteiger partial charge in [-0.3, -0.25) is 9.52 Å². The topological polar surface area (TPSA) is 101 Å². The molecule has 0 saturated carbocycles. The van der Waals surface area contributed by atoms with Crippen molar-refractivity contribution in [1.29, 1.82) is 0 Å². The Morgan fingerprint density at radius 3 is 2.21 bits per heavy atom. The molecule has 0 aliphatic carbocycles. The number of rotatable bonds is 7. The summed E-state index contributed by atoms with van der Waals surface area (Å²) < 4.78 is 27.8. The van der Waals surface area contributed by atoms with Crippen molar-refractivity contribution in [2.24, 2.45) is 0 Å². The molecule has 0 unspecified atom stereocenters. The first-order valence-electron chi connectivity index (χ1n) is 10.2. The summed E-state index contributed by atoms with van der Waals surface area (Å²) in [5, 5.41) is 3.19. The molecule has 33 heavy (non-hydrogen) atoms. The molecule has 0 aliphatic rings. The van der Waals surface area contributed by atoms with E-state index in [9.17, 15) is 13.2 Å². The van der Waals surface area contributed by atoms with E-state index in [1.165, 1.54) is 13.3 Å². The first-order chi connectivity index (χ1) is 15.8. The number of aryl methyl sites for hydroxylation is 1. The first kappa shape index (κ1) is 22.2. The van der Waals surface area contributed by atoms with Gasteiger partial charge >= 0.3 is 0 Å². The Bertz CT molecular complexity index is 1400. The maximum atomic E-state index is 12.6. The third kappa shape index (κ3) is 5.42. The zero-order valence-corrected chi connectivity index (χ0v) is 18.9. The van der Waals surface area contributed by atoms with Crippen LogP contribution in [0.5, 0.6) is 0 Å². The number of nitrogens with zero attached hydrogens (tertiary/aromatic N) is 2. The predicted octanol–water partition coefficient (Wildman–Crippen LogP) is 5.20. The molecule has 0 spiro atoms. The average Bonchev–Trinajstić information content (AvgIpc) is 2.80. The van der Waals surface area contributed by atoms with E-state index in [0.717, 1.165) is 16.8 Å². The van der Waals surface area contributed by atoms with Crippen LogP contribution in [0.2, 0.25) is 0 Å². The summed E-state index contributed by atoms with van der Waals surface area (Å²) in [6, 6.07) is 22.7. The highest BCUT2D eigenvalue weighted by atomic mass is 32.2. The van der Waals surface area contributed by atoms with Crippen LogP contribution in [0.25, 0.3) is 11.3 Å². The molecule has 3 aromatic carbocycles. The van der Waals surface area contributed by atoms with Gasteiger partial charge in [0.1, 0.15) is 12.1 Å². The van der Waals surface area contributed by atoms with Crippen LogP contribution in [0, 0.1) is 6.92 Å². The van der Waals surface area contributed by atoms with Gasteiger partial charge in [-0.2, -0.15) is 0 Å². The number of aromatic nitrogens is 2. The molecule has 4 aromatic rings. The smallest absolute Gasteiger partial charge is 0.261 e. The van der Waals surface area contributed by atoms with Crippen LogP contribution in [0.4, 0.5) is 17.2 Å². The van der Waals surface area contributed by atoms with E-state index in [4.69, 9.17) is 0 Å². The summed E-state index contributed by atoms with van der Waals surface area (Å²) in [4.78, 5) is 20.2. The fraction of sp³-hybridized carbons (Fsp3) is 0.0800. The van der Waals surface area contributed by atoms with E-state index in [2.05, 4.69) is 20.0 Å². The zero-order chi connectivity index (χ0) is 23.4. The lowest BCUT2D eigenvalue weighted by molar-refractivity contribution is 0.101. The number of anilines is 3. The summed E-state index contributed by atoms with van der Waals surface area (Å²) in [5.41, 5.74) is 4.29. The van der Waals surface area contributed by atoms with Gasteiger partial charge in [0, 0.05) is 28.6 Å². The van der Waals surface area contributed by atoms with Gasteiger partial charge in [-0.15, -0.1) is 0 Å². The van der Waals surface area contributed by atoms with Gasteiger partial charge in [0.25, 0.3) is 10.0 Å². The van der Waals surface area contributed by atoms with Crippen molar-refractivity contribution in [1.82, 2.24) is 9.97 Å². The molecule has 0 bridgehead atoms. The molecule has 0 radical (unpaired) electrons. The Labute approximate surface area is 192 Å². The zero-order valence-electron chi connectivity index (χ0n) is 18.1. The van der Waals surface area contributed by atoms with Crippen molar-refractivity contribution >= 4 is 33.0 Å². The van der Waals surface area contributed by atoms with Gasteiger partial charge in [0.15, 0.2) is 5.78 Å². The number of carbonyl (C=O) groups excluding carboxylic acids is 1. The third-order valence-electron chi connectivity index (χ3n) is 4.96. The van der Waals surface area contributed by atoms with Crippen LogP contribution in [0.1, 0.15) is 22.8 Å². The van der Waals surface area contributed by atoms with Crippen LogP contribution in [-0.2, 0) is 10.0 Å². The lowest BCUT2D eigenvalue weighted by Crippen LogP contribution is -2.13. The number of hydrogen-bond donors (Lipinski definition) is 2. The minimum atomic E-state index is -3.66. The molecule has 2 N–H and O–H groups in total. The van der Waals surface area contributed by atoms with Gasteiger partial charge in [-0.05, 0) is 55.8 Å². The molecule has 7 nitrogen and oxygen atoms in total. The Hall–Kier alpha value is -4.04. The fourth-order valence-corrected chi connectivity index (χ4v) is 4.39. The summed E-state index contributed by atoms with van der Waals surface area (Å²) in [6.07, 6.45) is 1.46. The largest absolute Gasteiger partial charge is 0.340 e. The molecule has 0 aliphatic heterocycles. The third-order valence-corrected chi connectivity index (χ3v) is 6.34. The van der Waals surface area contributed by atoms with E-state index >= 15 is 0 Å². The Balaban J connectivity index is 1.47. The number of hydrogen-bond acceptors (Lipinski definition) is 6. The number of ketones is 1. The summed E-state index contributed by atoms with van der Waals surface area (Å²) in [7, 11) is -3.66. The van der Waals surface area contributed by atoms with Crippen molar-refractivity contribution < 1.29 is 13.2 Å².